The molecule has 1 N–H and O–H groups in total. The first-order valence-electron chi connectivity index (χ1n) is 11.9. The summed E-state index contributed by atoms with van der Waals surface area (Å²) in [7, 11) is -1.96. The number of amides is 1. The second kappa shape index (κ2) is 10.7. The van der Waals surface area contributed by atoms with E-state index in [0.29, 0.717) is 19.6 Å². The average Bonchev–Trinajstić information content (AvgIpc) is 3.14. The molecule has 1 saturated heterocycles. The standard InChI is InChI=1S/C26H35F3N2O3Si/c1-25(2,3)35(4,5)33-18-21-14-15-23(31(21)17-19-10-7-6-8-11-19)24(32)30-20-12-9-13-22(16-20)34-26(27,28)29/h6-13,16,21,23H,14-15,17-18H2,1-5H3,(H,30,32). The van der Waals surface area contributed by atoms with Crippen molar-refractivity contribution in [2.45, 2.75) is 76.7 Å². The van der Waals surface area contributed by atoms with E-state index in [4.69, 9.17) is 4.43 Å². The van der Waals surface area contributed by atoms with Crippen LogP contribution in [0.15, 0.2) is 54.6 Å². The Bertz CT molecular complexity index is 993. The van der Waals surface area contributed by atoms with E-state index in [0.717, 1.165) is 12.0 Å². The Morgan fingerprint density at radius 3 is 2.37 bits per heavy atom. The molecule has 2 unspecified atom stereocenters. The lowest BCUT2D eigenvalue weighted by atomic mass is 10.1. The van der Waals surface area contributed by atoms with Crippen molar-refractivity contribution in [2.75, 3.05) is 11.9 Å². The second-order valence-corrected chi connectivity index (χ2v) is 15.4. The SMILES string of the molecule is CC(C)(C)[Si](C)(C)OCC1CCC(C(=O)Nc2cccc(OC(F)(F)F)c2)N1Cc1ccccc1. The van der Waals surface area contributed by atoms with Crippen molar-refractivity contribution < 1.29 is 27.1 Å². The van der Waals surface area contributed by atoms with Crippen molar-refractivity contribution in [3.05, 3.63) is 60.2 Å². The summed E-state index contributed by atoms with van der Waals surface area (Å²) in [4.78, 5) is 15.4. The van der Waals surface area contributed by atoms with Crippen LogP contribution in [0.2, 0.25) is 18.1 Å². The van der Waals surface area contributed by atoms with Gasteiger partial charge < -0.3 is 14.5 Å². The fourth-order valence-corrected chi connectivity index (χ4v) is 4.99. The van der Waals surface area contributed by atoms with Crippen molar-refractivity contribution in [3.63, 3.8) is 0 Å². The Kier molecular flexibility index (Phi) is 8.34. The largest absolute Gasteiger partial charge is 0.573 e. The number of benzene rings is 2. The van der Waals surface area contributed by atoms with Crippen LogP contribution in [0.1, 0.15) is 39.2 Å². The van der Waals surface area contributed by atoms with Crippen LogP contribution in [0.5, 0.6) is 5.75 Å². The maximum Gasteiger partial charge on any atom is 0.573 e. The molecular weight excluding hydrogens is 473 g/mol. The third-order valence-electron chi connectivity index (χ3n) is 6.93. The number of hydrogen-bond acceptors (Lipinski definition) is 4. The molecule has 192 valence electrons. The lowest BCUT2D eigenvalue weighted by Gasteiger charge is -2.38. The molecule has 2 aromatic rings. The monoisotopic (exact) mass is 508 g/mol. The summed E-state index contributed by atoms with van der Waals surface area (Å²) in [6, 6.07) is 14.9. The topological polar surface area (TPSA) is 50.8 Å². The maximum absolute atomic E-state index is 13.3. The first-order chi connectivity index (χ1) is 16.2. The minimum Gasteiger partial charge on any atom is -0.415 e. The number of anilines is 1. The molecule has 5 nitrogen and oxygen atoms in total. The summed E-state index contributed by atoms with van der Waals surface area (Å²) < 4.78 is 48.2. The zero-order chi connectivity index (χ0) is 25.9. The Balaban J connectivity index is 1.75. The molecule has 1 aliphatic rings. The minimum atomic E-state index is -4.79. The van der Waals surface area contributed by atoms with E-state index in [2.05, 4.69) is 48.8 Å². The van der Waals surface area contributed by atoms with Crippen LogP contribution in [0.25, 0.3) is 0 Å². The predicted octanol–water partition coefficient (Wildman–Crippen LogP) is 6.58. The molecule has 1 amide bonds. The summed E-state index contributed by atoms with van der Waals surface area (Å²) in [5, 5.41) is 2.86. The molecule has 0 saturated carbocycles. The summed E-state index contributed by atoms with van der Waals surface area (Å²) in [5.74, 6) is -0.622. The first-order valence-corrected chi connectivity index (χ1v) is 14.8. The van der Waals surface area contributed by atoms with Gasteiger partial charge in [0.25, 0.3) is 0 Å². The van der Waals surface area contributed by atoms with Crippen LogP contribution < -0.4 is 10.1 Å². The van der Waals surface area contributed by atoms with E-state index < -0.39 is 20.7 Å². The Morgan fingerprint density at radius 1 is 1.06 bits per heavy atom. The summed E-state index contributed by atoms with van der Waals surface area (Å²) in [6.07, 6.45) is -3.35. The summed E-state index contributed by atoms with van der Waals surface area (Å²) in [6.45, 7) is 12.1. The van der Waals surface area contributed by atoms with Gasteiger partial charge in [-0.3, -0.25) is 9.69 Å². The molecule has 1 fully saturated rings. The fourth-order valence-electron chi connectivity index (χ4n) is 3.95. The first kappa shape index (κ1) is 27.2. The van der Waals surface area contributed by atoms with Gasteiger partial charge >= 0.3 is 6.36 Å². The molecule has 2 atom stereocenters. The van der Waals surface area contributed by atoms with Crippen LogP contribution >= 0.6 is 0 Å². The second-order valence-electron chi connectivity index (χ2n) is 10.5. The Hall–Kier alpha value is -2.36. The quantitative estimate of drug-likeness (QED) is 0.409. The molecular formula is C26H35F3N2O3Si. The van der Waals surface area contributed by atoms with Crippen molar-refractivity contribution in [1.29, 1.82) is 0 Å². The van der Waals surface area contributed by atoms with Gasteiger partial charge in [-0.05, 0) is 48.7 Å². The van der Waals surface area contributed by atoms with Gasteiger partial charge in [0.15, 0.2) is 8.32 Å². The molecule has 0 radical (unpaired) electrons. The highest BCUT2D eigenvalue weighted by atomic mass is 28.4. The van der Waals surface area contributed by atoms with Gasteiger partial charge in [-0.1, -0.05) is 57.2 Å². The normalized spacial score (nSPS) is 19.5. The van der Waals surface area contributed by atoms with Gasteiger partial charge in [0.1, 0.15) is 5.75 Å². The number of likely N-dealkylation sites (tertiary alicyclic amines) is 1. The summed E-state index contributed by atoms with van der Waals surface area (Å²) >= 11 is 0. The number of carbonyl (C=O) groups is 1. The van der Waals surface area contributed by atoms with E-state index in [1.165, 1.54) is 18.2 Å². The number of rotatable bonds is 8. The minimum absolute atomic E-state index is 0.0694. The molecule has 0 aromatic heterocycles. The molecule has 3 rings (SSSR count). The van der Waals surface area contributed by atoms with Crippen molar-refractivity contribution >= 4 is 19.9 Å². The Morgan fingerprint density at radius 2 is 1.74 bits per heavy atom. The number of ether oxygens (including phenoxy) is 1. The van der Waals surface area contributed by atoms with Crippen LogP contribution in [0.4, 0.5) is 18.9 Å². The third-order valence-corrected chi connectivity index (χ3v) is 11.4. The molecule has 0 aliphatic carbocycles. The number of carbonyl (C=O) groups excluding carboxylic acids is 1. The van der Waals surface area contributed by atoms with E-state index in [9.17, 15) is 18.0 Å². The van der Waals surface area contributed by atoms with Gasteiger partial charge in [0.05, 0.1) is 6.04 Å². The van der Waals surface area contributed by atoms with Gasteiger partial charge in [0, 0.05) is 30.9 Å². The maximum atomic E-state index is 13.3. The number of alkyl halides is 3. The molecule has 1 heterocycles. The fraction of sp³-hybridized carbons (Fsp3) is 0.500. The smallest absolute Gasteiger partial charge is 0.415 e. The van der Waals surface area contributed by atoms with E-state index in [1.54, 1.807) is 6.07 Å². The van der Waals surface area contributed by atoms with Gasteiger partial charge in [-0.15, -0.1) is 13.2 Å². The Labute approximate surface area is 206 Å². The van der Waals surface area contributed by atoms with Gasteiger partial charge in [-0.2, -0.15) is 0 Å². The van der Waals surface area contributed by atoms with E-state index >= 15 is 0 Å². The average molecular weight is 509 g/mol. The zero-order valence-corrected chi connectivity index (χ0v) is 22.0. The van der Waals surface area contributed by atoms with Crippen molar-refractivity contribution in [1.82, 2.24) is 4.90 Å². The van der Waals surface area contributed by atoms with E-state index in [-0.39, 0.29) is 28.4 Å². The van der Waals surface area contributed by atoms with Gasteiger partial charge in [-0.25, -0.2) is 0 Å². The van der Waals surface area contributed by atoms with Crippen LogP contribution in [-0.4, -0.2) is 44.2 Å². The van der Waals surface area contributed by atoms with Crippen LogP contribution in [-0.2, 0) is 15.8 Å². The van der Waals surface area contributed by atoms with Crippen LogP contribution in [0, 0.1) is 0 Å². The molecule has 2 aromatic carbocycles. The van der Waals surface area contributed by atoms with Crippen molar-refractivity contribution in [3.8, 4) is 5.75 Å². The molecule has 35 heavy (non-hydrogen) atoms. The number of hydrogen-bond donors (Lipinski definition) is 1. The molecule has 0 spiro atoms. The highest BCUT2D eigenvalue weighted by molar-refractivity contribution is 6.74. The highest BCUT2D eigenvalue weighted by Gasteiger charge is 2.42. The van der Waals surface area contributed by atoms with Crippen LogP contribution in [0.3, 0.4) is 0 Å². The summed E-state index contributed by atoms with van der Waals surface area (Å²) in [5.41, 5.74) is 1.35. The lowest BCUT2D eigenvalue weighted by molar-refractivity contribution is -0.274. The molecule has 1 aliphatic heterocycles. The third kappa shape index (κ3) is 7.56. The lowest BCUT2D eigenvalue weighted by Crippen LogP contribution is -2.47. The van der Waals surface area contributed by atoms with Gasteiger partial charge in [0.2, 0.25) is 5.91 Å². The van der Waals surface area contributed by atoms with Crippen molar-refractivity contribution in [2.24, 2.45) is 0 Å². The highest BCUT2D eigenvalue weighted by Crippen LogP contribution is 2.38. The number of halogens is 3. The van der Waals surface area contributed by atoms with E-state index in [1.807, 2.05) is 30.3 Å². The molecule has 0 bridgehead atoms. The zero-order valence-electron chi connectivity index (χ0n) is 21.0. The number of nitrogens with one attached hydrogen (secondary N) is 1. The number of nitrogens with zero attached hydrogens (tertiary/aromatic N) is 1. The molecule has 9 heteroatoms. The predicted molar refractivity (Wildman–Crippen MR) is 134 cm³/mol.